The summed E-state index contributed by atoms with van der Waals surface area (Å²) in [6.45, 7) is 4.89. The number of carbonyl (C=O) groups is 2. The van der Waals surface area contributed by atoms with Gasteiger partial charge < -0.3 is 15.4 Å². The van der Waals surface area contributed by atoms with Crippen LogP contribution in [0.1, 0.15) is 46.0 Å². The predicted molar refractivity (Wildman–Crippen MR) is 73.7 cm³/mol. The predicted octanol–water partition coefficient (Wildman–Crippen LogP) is 1.06. The summed E-state index contributed by atoms with van der Waals surface area (Å²) >= 11 is 0. The monoisotopic (exact) mass is 280 g/mol. The SMILES string of the molecule is CC(C)[C@@H]1CCO[C@@H]1C(=O)N1C2CCC1(C(N)=O)CC2. The van der Waals surface area contributed by atoms with Crippen molar-refractivity contribution in [2.75, 3.05) is 6.61 Å². The molecular weight excluding hydrogens is 256 g/mol. The Balaban J connectivity index is 1.85. The molecule has 0 aromatic rings. The molecule has 3 aliphatic heterocycles. The minimum absolute atomic E-state index is 0.000000000000000666. The Labute approximate surface area is 119 Å². The highest BCUT2D eigenvalue weighted by atomic mass is 16.5. The van der Waals surface area contributed by atoms with Gasteiger partial charge in [0.25, 0.3) is 5.91 Å². The molecule has 0 aromatic heterocycles. The van der Waals surface area contributed by atoms with Crippen molar-refractivity contribution in [2.45, 2.75) is 63.6 Å². The number of carbonyl (C=O) groups excluding carboxylic acids is 2. The van der Waals surface area contributed by atoms with Crippen LogP contribution in [0.15, 0.2) is 0 Å². The number of nitrogens with two attached hydrogens (primary N) is 1. The lowest BCUT2D eigenvalue weighted by Gasteiger charge is -2.35. The average molecular weight is 280 g/mol. The van der Waals surface area contributed by atoms with E-state index in [9.17, 15) is 9.59 Å². The maximum absolute atomic E-state index is 12.9. The van der Waals surface area contributed by atoms with Gasteiger partial charge in [0.1, 0.15) is 11.6 Å². The van der Waals surface area contributed by atoms with Crippen LogP contribution in [0.3, 0.4) is 0 Å². The number of hydrogen-bond acceptors (Lipinski definition) is 3. The average Bonchev–Trinajstić information content (AvgIpc) is 3.11. The molecule has 112 valence electrons. The van der Waals surface area contributed by atoms with E-state index in [1.807, 2.05) is 0 Å². The van der Waals surface area contributed by atoms with Crippen molar-refractivity contribution in [3.05, 3.63) is 0 Å². The molecule has 2 N–H and O–H groups in total. The summed E-state index contributed by atoms with van der Waals surface area (Å²) in [5.74, 6) is 0.327. The van der Waals surface area contributed by atoms with Gasteiger partial charge in [-0.2, -0.15) is 0 Å². The zero-order chi connectivity index (χ0) is 14.5. The maximum atomic E-state index is 12.9. The standard InChI is InChI=1S/C15H24N2O3/c1-9(2)11-5-8-20-12(11)13(18)17-10-3-6-15(17,7-4-10)14(16)19/h9-12H,3-8H2,1-2H3,(H2,16,19)/t10?,11-,12-,15?/m0/s1. The van der Waals surface area contributed by atoms with Crippen molar-refractivity contribution >= 4 is 11.8 Å². The minimum Gasteiger partial charge on any atom is -0.368 e. The van der Waals surface area contributed by atoms with E-state index in [-0.39, 0.29) is 29.9 Å². The first kappa shape index (κ1) is 13.9. The van der Waals surface area contributed by atoms with Crippen molar-refractivity contribution in [1.29, 1.82) is 0 Å². The molecule has 0 spiro atoms. The Bertz CT molecular complexity index is 427. The molecule has 5 nitrogen and oxygen atoms in total. The molecule has 3 fully saturated rings. The van der Waals surface area contributed by atoms with E-state index in [0.29, 0.717) is 12.5 Å². The van der Waals surface area contributed by atoms with Crippen LogP contribution in [0.5, 0.6) is 0 Å². The van der Waals surface area contributed by atoms with Crippen LogP contribution in [0.4, 0.5) is 0 Å². The number of ether oxygens (including phenoxy) is 1. The molecule has 3 rings (SSSR count). The normalized spacial score (nSPS) is 39.8. The highest BCUT2D eigenvalue weighted by Crippen LogP contribution is 2.47. The molecule has 0 radical (unpaired) electrons. The van der Waals surface area contributed by atoms with Gasteiger partial charge in [-0.05, 0) is 43.9 Å². The zero-order valence-electron chi connectivity index (χ0n) is 12.3. The van der Waals surface area contributed by atoms with Gasteiger partial charge >= 0.3 is 0 Å². The van der Waals surface area contributed by atoms with E-state index in [1.54, 1.807) is 4.90 Å². The van der Waals surface area contributed by atoms with Gasteiger partial charge in [0.2, 0.25) is 5.91 Å². The summed E-state index contributed by atoms with van der Waals surface area (Å²) in [7, 11) is 0. The molecule has 3 aliphatic rings. The summed E-state index contributed by atoms with van der Waals surface area (Å²) in [4.78, 5) is 26.6. The molecule has 2 amide bonds. The molecule has 5 heteroatoms. The molecule has 0 saturated carbocycles. The Morgan fingerprint density at radius 3 is 2.45 bits per heavy atom. The zero-order valence-corrected chi connectivity index (χ0v) is 12.3. The van der Waals surface area contributed by atoms with Crippen molar-refractivity contribution < 1.29 is 14.3 Å². The summed E-state index contributed by atoms with van der Waals surface area (Å²) in [6, 6.07) is 0.187. The van der Waals surface area contributed by atoms with E-state index in [2.05, 4.69) is 13.8 Å². The summed E-state index contributed by atoms with van der Waals surface area (Å²) in [5, 5.41) is 0. The second-order valence-electron chi connectivity index (χ2n) is 6.82. The Hall–Kier alpha value is -1.10. The van der Waals surface area contributed by atoms with E-state index < -0.39 is 5.54 Å². The summed E-state index contributed by atoms with van der Waals surface area (Å²) < 4.78 is 5.71. The van der Waals surface area contributed by atoms with E-state index in [4.69, 9.17) is 10.5 Å². The number of amides is 2. The lowest BCUT2D eigenvalue weighted by Crippen LogP contribution is -2.57. The lowest BCUT2D eigenvalue weighted by molar-refractivity contribution is -0.152. The molecule has 0 aromatic carbocycles. The van der Waals surface area contributed by atoms with E-state index >= 15 is 0 Å². The summed E-state index contributed by atoms with van der Waals surface area (Å²) in [6.07, 6.45) is 3.78. The van der Waals surface area contributed by atoms with E-state index in [1.165, 1.54) is 0 Å². The third kappa shape index (κ3) is 1.79. The third-order valence-electron chi connectivity index (χ3n) is 5.54. The van der Waals surface area contributed by atoms with Crippen molar-refractivity contribution in [3.8, 4) is 0 Å². The first-order chi connectivity index (χ1) is 9.47. The smallest absolute Gasteiger partial charge is 0.253 e. The van der Waals surface area contributed by atoms with E-state index in [0.717, 1.165) is 32.1 Å². The molecule has 20 heavy (non-hydrogen) atoms. The quantitative estimate of drug-likeness (QED) is 0.840. The van der Waals surface area contributed by atoms with Crippen molar-refractivity contribution in [1.82, 2.24) is 4.90 Å². The fourth-order valence-corrected chi connectivity index (χ4v) is 4.37. The van der Waals surface area contributed by atoms with Gasteiger partial charge in [0, 0.05) is 12.6 Å². The molecular formula is C15H24N2O3. The van der Waals surface area contributed by atoms with Gasteiger partial charge in [-0.3, -0.25) is 9.59 Å². The number of hydrogen-bond donors (Lipinski definition) is 1. The van der Waals surface area contributed by atoms with Crippen LogP contribution in [0.2, 0.25) is 0 Å². The number of rotatable bonds is 3. The molecule has 0 unspecified atom stereocenters. The van der Waals surface area contributed by atoms with Crippen molar-refractivity contribution in [3.63, 3.8) is 0 Å². The largest absolute Gasteiger partial charge is 0.368 e. The molecule has 0 aliphatic carbocycles. The molecule has 3 saturated heterocycles. The first-order valence-electron chi connectivity index (χ1n) is 7.72. The highest BCUT2D eigenvalue weighted by molar-refractivity contribution is 5.93. The van der Waals surface area contributed by atoms with Gasteiger partial charge in [-0.1, -0.05) is 13.8 Å². The number of primary amides is 1. The van der Waals surface area contributed by atoms with Crippen LogP contribution >= 0.6 is 0 Å². The minimum atomic E-state index is -0.727. The topological polar surface area (TPSA) is 72.6 Å². The van der Waals surface area contributed by atoms with Crippen molar-refractivity contribution in [2.24, 2.45) is 17.6 Å². The molecule has 2 atom stereocenters. The van der Waals surface area contributed by atoms with Gasteiger partial charge in [-0.25, -0.2) is 0 Å². The third-order valence-corrected chi connectivity index (χ3v) is 5.54. The Kier molecular flexibility index (Phi) is 3.27. The highest BCUT2D eigenvalue weighted by Gasteiger charge is 2.59. The second kappa shape index (κ2) is 4.72. The first-order valence-corrected chi connectivity index (χ1v) is 7.72. The van der Waals surface area contributed by atoms with Crippen LogP contribution in [-0.2, 0) is 14.3 Å². The summed E-state index contributed by atoms with van der Waals surface area (Å²) in [5.41, 5.74) is 4.89. The second-order valence-corrected chi connectivity index (χ2v) is 6.82. The van der Waals surface area contributed by atoms with Crippen LogP contribution in [0.25, 0.3) is 0 Å². The fraction of sp³-hybridized carbons (Fsp3) is 0.867. The van der Waals surface area contributed by atoms with Gasteiger partial charge in [0.15, 0.2) is 0 Å². The molecule has 2 bridgehead atoms. The lowest BCUT2D eigenvalue weighted by atomic mass is 9.86. The maximum Gasteiger partial charge on any atom is 0.253 e. The number of fused-ring (bicyclic) bond motifs is 2. The molecule has 3 heterocycles. The van der Waals surface area contributed by atoms with Crippen LogP contribution in [-0.4, -0.2) is 41.0 Å². The van der Waals surface area contributed by atoms with Crippen LogP contribution < -0.4 is 5.73 Å². The van der Waals surface area contributed by atoms with Gasteiger partial charge in [0.05, 0.1) is 0 Å². The Morgan fingerprint density at radius 1 is 1.25 bits per heavy atom. The van der Waals surface area contributed by atoms with Crippen LogP contribution in [0, 0.1) is 11.8 Å². The Morgan fingerprint density at radius 2 is 1.90 bits per heavy atom. The fourth-order valence-electron chi connectivity index (χ4n) is 4.37. The number of nitrogens with zero attached hydrogens (tertiary/aromatic N) is 1. The van der Waals surface area contributed by atoms with Gasteiger partial charge in [-0.15, -0.1) is 0 Å².